The molecule has 2 nitrogen and oxygen atoms in total. The summed E-state index contributed by atoms with van der Waals surface area (Å²) in [5.41, 5.74) is 0.955. The highest BCUT2D eigenvalue weighted by Crippen LogP contribution is 2.33. The minimum atomic E-state index is -0.933. The van der Waals surface area contributed by atoms with Crippen molar-refractivity contribution in [2.45, 2.75) is 24.8 Å². The highest BCUT2D eigenvalue weighted by Gasteiger charge is 2.43. The number of fused-ring (bicyclic) bond motifs is 1. The fraction of sp³-hybridized carbons (Fsp3) is 0.455. The molecule has 0 amide bonds. The van der Waals surface area contributed by atoms with Gasteiger partial charge in [-0.3, -0.25) is 0 Å². The van der Waals surface area contributed by atoms with Gasteiger partial charge in [-0.15, -0.1) is 0 Å². The van der Waals surface area contributed by atoms with E-state index in [4.69, 9.17) is 9.47 Å². The molecule has 2 aliphatic heterocycles. The summed E-state index contributed by atoms with van der Waals surface area (Å²) >= 11 is 0. The van der Waals surface area contributed by atoms with E-state index < -0.39 is 12.3 Å². The van der Waals surface area contributed by atoms with Crippen LogP contribution in [0.4, 0.5) is 4.39 Å². The van der Waals surface area contributed by atoms with Crippen LogP contribution in [0, 0.1) is 0 Å². The average Bonchev–Trinajstić information content (AvgIpc) is 3.00. The summed E-state index contributed by atoms with van der Waals surface area (Å²) in [6.07, 6.45) is -0.915. The van der Waals surface area contributed by atoms with Crippen LogP contribution in [0.15, 0.2) is 24.3 Å². The highest BCUT2D eigenvalue weighted by atomic mass is 19.1. The van der Waals surface area contributed by atoms with Crippen LogP contribution in [0.25, 0.3) is 0 Å². The van der Waals surface area contributed by atoms with Crippen LogP contribution in [0.3, 0.4) is 0 Å². The van der Waals surface area contributed by atoms with Gasteiger partial charge in [-0.05, 0) is 11.6 Å². The van der Waals surface area contributed by atoms with E-state index in [1.165, 1.54) is 0 Å². The maximum Gasteiger partial charge on any atom is 0.158 e. The fourth-order valence-electron chi connectivity index (χ4n) is 1.89. The lowest BCUT2D eigenvalue weighted by molar-refractivity contribution is 0.0581. The Morgan fingerprint density at radius 2 is 2.07 bits per heavy atom. The van der Waals surface area contributed by atoms with E-state index in [1.807, 2.05) is 24.3 Å². The van der Waals surface area contributed by atoms with Gasteiger partial charge in [0.2, 0.25) is 0 Å². The molecule has 3 heteroatoms. The lowest BCUT2D eigenvalue weighted by Gasteiger charge is -2.27. The molecule has 0 aromatic heterocycles. The predicted molar refractivity (Wildman–Crippen MR) is 49.2 cm³/mol. The molecule has 1 saturated heterocycles. The van der Waals surface area contributed by atoms with Gasteiger partial charge < -0.3 is 9.47 Å². The third-order valence-corrected chi connectivity index (χ3v) is 2.73. The molecule has 14 heavy (non-hydrogen) atoms. The monoisotopic (exact) mass is 194 g/mol. The topological polar surface area (TPSA) is 21.8 Å². The molecule has 3 atom stereocenters. The van der Waals surface area contributed by atoms with Gasteiger partial charge in [0.25, 0.3) is 0 Å². The number of hydrogen-bond donors (Lipinski definition) is 0. The van der Waals surface area contributed by atoms with Crippen LogP contribution >= 0.6 is 0 Å². The Morgan fingerprint density at radius 1 is 1.29 bits per heavy atom. The van der Waals surface area contributed by atoms with Gasteiger partial charge in [0.15, 0.2) is 6.10 Å². The first-order valence-corrected chi connectivity index (χ1v) is 4.85. The molecule has 1 aromatic carbocycles. The summed E-state index contributed by atoms with van der Waals surface area (Å²) in [5, 5.41) is 0. The van der Waals surface area contributed by atoms with E-state index in [0.717, 1.165) is 11.3 Å². The first-order valence-electron chi connectivity index (χ1n) is 4.85. The van der Waals surface area contributed by atoms with Crippen LogP contribution in [0.5, 0.6) is 5.75 Å². The molecule has 2 aliphatic rings. The zero-order valence-corrected chi connectivity index (χ0v) is 7.65. The molecule has 3 rings (SSSR count). The third kappa shape index (κ3) is 1.28. The number of para-hydroxylation sites is 1. The van der Waals surface area contributed by atoms with Crippen molar-refractivity contribution in [3.05, 3.63) is 29.8 Å². The normalized spacial score (nSPS) is 34.5. The molecule has 0 radical (unpaired) electrons. The molecule has 0 aliphatic carbocycles. The molecule has 74 valence electrons. The van der Waals surface area contributed by atoms with Gasteiger partial charge in [-0.25, -0.2) is 4.39 Å². The van der Waals surface area contributed by atoms with E-state index in [0.29, 0.717) is 13.0 Å². The highest BCUT2D eigenvalue weighted by molar-refractivity contribution is 5.36. The zero-order chi connectivity index (χ0) is 9.54. The Labute approximate surface area is 81.6 Å². The summed E-state index contributed by atoms with van der Waals surface area (Å²) < 4.78 is 24.2. The third-order valence-electron chi connectivity index (χ3n) is 2.73. The molecule has 0 N–H and O–H groups in total. The minimum absolute atomic E-state index is 0.0293. The number of alkyl halides is 1. The van der Waals surface area contributed by atoms with Gasteiger partial charge in [0.1, 0.15) is 18.0 Å². The Kier molecular flexibility index (Phi) is 1.74. The van der Waals surface area contributed by atoms with Crippen molar-refractivity contribution in [3.63, 3.8) is 0 Å². The summed E-state index contributed by atoms with van der Waals surface area (Å²) in [4.78, 5) is 0. The second kappa shape index (κ2) is 2.95. The number of benzene rings is 1. The van der Waals surface area contributed by atoms with Crippen molar-refractivity contribution in [1.82, 2.24) is 0 Å². The lowest BCUT2D eigenvalue weighted by Crippen LogP contribution is -2.38. The van der Waals surface area contributed by atoms with Crippen LogP contribution in [-0.2, 0) is 11.2 Å². The van der Waals surface area contributed by atoms with Crippen molar-refractivity contribution in [2.75, 3.05) is 6.61 Å². The summed E-state index contributed by atoms with van der Waals surface area (Å²) in [6, 6.07) is 7.60. The lowest BCUT2D eigenvalue weighted by atomic mass is 9.99. The molecule has 2 heterocycles. The van der Waals surface area contributed by atoms with Crippen molar-refractivity contribution < 1.29 is 13.9 Å². The van der Waals surface area contributed by atoms with Crippen molar-refractivity contribution in [2.24, 2.45) is 0 Å². The molecule has 0 saturated carbocycles. The van der Waals surface area contributed by atoms with Gasteiger partial charge in [0, 0.05) is 6.42 Å². The summed E-state index contributed by atoms with van der Waals surface area (Å²) in [7, 11) is 0. The van der Waals surface area contributed by atoms with Crippen LogP contribution in [0.2, 0.25) is 0 Å². The molecule has 0 spiro atoms. The largest absolute Gasteiger partial charge is 0.484 e. The van der Waals surface area contributed by atoms with Gasteiger partial charge in [-0.2, -0.15) is 0 Å². The fourth-order valence-corrected chi connectivity index (χ4v) is 1.89. The van der Waals surface area contributed by atoms with Crippen LogP contribution in [0.1, 0.15) is 5.56 Å². The summed E-state index contributed by atoms with van der Waals surface area (Å²) in [5.74, 6) is 0.807. The Morgan fingerprint density at radius 3 is 2.86 bits per heavy atom. The van der Waals surface area contributed by atoms with E-state index in [1.54, 1.807) is 0 Å². The molecule has 1 aromatic rings. The number of hydrogen-bond acceptors (Lipinski definition) is 2. The smallest absolute Gasteiger partial charge is 0.158 e. The quantitative estimate of drug-likeness (QED) is 0.635. The number of rotatable bonds is 1. The Hall–Kier alpha value is -1.09. The average molecular weight is 194 g/mol. The molecule has 1 fully saturated rings. The van der Waals surface area contributed by atoms with Gasteiger partial charge in [-0.1, -0.05) is 18.2 Å². The number of epoxide rings is 1. The van der Waals surface area contributed by atoms with Crippen molar-refractivity contribution in [1.29, 1.82) is 0 Å². The molecular weight excluding hydrogens is 183 g/mol. The van der Waals surface area contributed by atoms with E-state index in [-0.39, 0.29) is 6.10 Å². The maximum absolute atomic E-state index is 13.6. The second-order valence-electron chi connectivity index (χ2n) is 3.78. The minimum Gasteiger partial charge on any atom is -0.484 e. The van der Waals surface area contributed by atoms with E-state index in [2.05, 4.69) is 0 Å². The Bertz CT molecular complexity index is 349. The number of ether oxygens (including phenoxy) is 2. The Balaban J connectivity index is 1.90. The van der Waals surface area contributed by atoms with Crippen LogP contribution < -0.4 is 4.74 Å². The molecule has 0 bridgehead atoms. The van der Waals surface area contributed by atoms with Crippen molar-refractivity contribution >= 4 is 0 Å². The summed E-state index contributed by atoms with van der Waals surface area (Å²) in [6.45, 7) is 0.632. The maximum atomic E-state index is 13.6. The van der Waals surface area contributed by atoms with E-state index in [9.17, 15) is 4.39 Å². The molecular formula is C11H11FO2. The standard InChI is InChI=1S/C11H11FO2/c12-8-5-7-3-1-2-4-9(7)14-11(8)10-6-13-10/h1-4,8,10-11H,5-6H2. The predicted octanol–water partition coefficient (Wildman–Crippen LogP) is 1.73. The second-order valence-corrected chi connectivity index (χ2v) is 3.78. The SMILES string of the molecule is FC1Cc2ccccc2OC1C1CO1. The first kappa shape index (κ1) is 8.24. The van der Waals surface area contributed by atoms with E-state index >= 15 is 0 Å². The zero-order valence-electron chi connectivity index (χ0n) is 7.65. The number of halogens is 1. The van der Waals surface area contributed by atoms with Crippen LogP contribution in [-0.4, -0.2) is 25.0 Å². The van der Waals surface area contributed by atoms with Crippen molar-refractivity contribution in [3.8, 4) is 5.75 Å². The van der Waals surface area contributed by atoms with Gasteiger partial charge >= 0.3 is 0 Å². The first-order chi connectivity index (χ1) is 6.84. The molecule has 3 unspecified atom stereocenters. The van der Waals surface area contributed by atoms with Gasteiger partial charge in [0.05, 0.1) is 6.61 Å².